The predicted octanol–water partition coefficient (Wildman–Crippen LogP) is 2.94. The average molecular weight is 236 g/mol. The van der Waals surface area contributed by atoms with E-state index in [2.05, 4.69) is 4.98 Å². The Hall–Kier alpha value is -1.48. The summed E-state index contributed by atoms with van der Waals surface area (Å²) in [4.78, 5) is 14.3. The van der Waals surface area contributed by atoms with Gasteiger partial charge < -0.3 is 10.1 Å². The zero-order chi connectivity index (χ0) is 11.3. The zero-order valence-electron chi connectivity index (χ0n) is 8.46. The highest BCUT2D eigenvalue weighted by atomic mass is 35.5. The monoisotopic (exact) mass is 235 g/mol. The van der Waals surface area contributed by atoms with Crippen molar-refractivity contribution >= 4 is 28.5 Å². The lowest BCUT2D eigenvalue weighted by Crippen LogP contribution is -2.19. The molecule has 1 aromatic heterocycles. The Balaban J connectivity index is 2.16. The van der Waals surface area contributed by atoms with Crippen LogP contribution in [0.5, 0.6) is 0 Å². The molecule has 1 aliphatic carbocycles. The van der Waals surface area contributed by atoms with E-state index >= 15 is 0 Å². The van der Waals surface area contributed by atoms with Crippen molar-refractivity contribution in [3.8, 4) is 0 Å². The van der Waals surface area contributed by atoms with Crippen LogP contribution in [0.2, 0.25) is 5.02 Å². The van der Waals surface area contributed by atoms with Gasteiger partial charge in [0, 0.05) is 21.6 Å². The first-order chi connectivity index (χ1) is 7.62. The molecule has 1 fully saturated rings. The molecule has 3 rings (SSSR count). The van der Waals surface area contributed by atoms with Gasteiger partial charge in [-0.25, -0.2) is 0 Å². The normalized spacial score (nSPS) is 17.6. The van der Waals surface area contributed by atoms with Crippen LogP contribution in [0.1, 0.15) is 18.5 Å². The van der Waals surface area contributed by atoms with Gasteiger partial charge in [-0.1, -0.05) is 11.6 Å². The third kappa shape index (κ3) is 1.25. The standard InChI is InChI=1S/C12H10ClNO2/c13-8-1-2-9-7(5-8)6-10(14-9)12(3-4-12)11(15)16/h1-2,5-6,14H,3-4H2,(H,15,16). The van der Waals surface area contributed by atoms with Crippen LogP contribution in [0.4, 0.5) is 0 Å². The number of hydrogen-bond donors (Lipinski definition) is 2. The molecule has 4 heteroatoms. The first-order valence-corrected chi connectivity index (χ1v) is 5.52. The molecule has 1 heterocycles. The Bertz CT molecular complexity index is 584. The third-order valence-corrected chi connectivity index (χ3v) is 3.49. The first kappa shape index (κ1) is 9.73. The van der Waals surface area contributed by atoms with Crippen LogP contribution in [0.3, 0.4) is 0 Å². The molecule has 2 aromatic rings. The average Bonchev–Trinajstić information content (AvgIpc) is 2.94. The molecule has 16 heavy (non-hydrogen) atoms. The second kappa shape index (κ2) is 3.01. The van der Waals surface area contributed by atoms with Crippen LogP contribution in [-0.4, -0.2) is 16.1 Å². The molecule has 0 atom stereocenters. The number of fused-ring (bicyclic) bond motifs is 1. The third-order valence-electron chi connectivity index (χ3n) is 3.26. The number of hydrogen-bond acceptors (Lipinski definition) is 1. The van der Waals surface area contributed by atoms with Crippen molar-refractivity contribution in [1.82, 2.24) is 4.98 Å². The minimum absolute atomic E-state index is 0.665. The summed E-state index contributed by atoms with van der Waals surface area (Å²) in [6, 6.07) is 7.40. The summed E-state index contributed by atoms with van der Waals surface area (Å²) in [5.41, 5.74) is 1.05. The summed E-state index contributed by atoms with van der Waals surface area (Å²) in [5, 5.41) is 10.8. The summed E-state index contributed by atoms with van der Waals surface area (Å²) in [6.07, 6.45) is 1.42. The maximum Gasteiger partial charge on any atom is 0.315 e. The van der Waals surface area contributed by atoms with Crippen molar-refractivity contribution in [1.29, 1.82) is 0 Å². The zero-order valence-corrected chi connectivity index (χ0v) is 9.21. The summed E-state index contributed by atoms with van der Waals surface area (Å²) in [5.74, 6) is -0.745. The van der Waals surface area contributed by atoms with Gasteiger partial charge in [-0.15, -0.1) is 0 Å². The molecule has 1 saturated carbocycles. The van der Waals surface area contributed by atoms with E-state index in [4.69, 9.17) is 11.6 Å². The lowest BCUT2D eigenvalue weighted by atomic mass is 10.0. The van der Waals surface area contributed by atoms with Crippen molar-refractivity contribution in [3.63, 3.8) is 0 Å². The molecule has 0 radical (unpaired) electrons. The van der Waals surface area contributed by atoms with Crippen LogP contribution in [0.15, 0.2) is 24.3 Å². The second-order valence-corrected chi connectivity index (χ2v) is 4.74. The Kier molecular flexibility index (Phi) is 1.83. The maximum atomic E-state index is 11.2. The number of nitrogens with one attached hydrogen (secondary N) is 1. The number of rotatable bonds is 2. The predicted molar refractivity (Wildman–Crippen MR) is 61.9 cm³/mol. The fourth-order valence-electron chi connectivity index (χ4n) is 2.08. The molecule has 1 aromatic carbocycles. The molecule has 0 saturated heterocycles. The van der Waals surface area contributed by atoms with Crippen LogP contribution < -0.4 is 0 Å². The number of benzene rings is 1. The molecule has 0 aliphatic heterocycles. The fraction of sp³-hybridized carbons (Fsp3) is 0.250. The molecule has 82 valence electrons. The van der Waals surface area contributed by atoms with E-state index < -0.39 is 11.4 Å². The number of carboxylic acids is 1. The topological polar surface area (TPSA) is 53.1 Å². The number of aliphatic carboxylic acids is 1. The Labute approximate surface area is 97.0 Å². The highest BCUT2D eigenvalue weighted by molar-refractivity contribution is 6.31. The van der Waals surface area contributed by atoms with Crippen LogP contribution in [0.25, 0.3) is 10.9 Å². The van der Waals surface area contributed by atoms with E-state index in [1.807, 2.05) is 18.2 Å². The molecule has 3 nitrogen and oxygen atoms in total. The van der Waals surface area contributed by atoms with Crippen LogP contribution in [-0.2, 0) is 10.2 Å². The number of carbonyl (C=O) groups is 1. The minimum Gasteiger partial charge on any atom is -0.481 e. The Morgan fingerprint density at radius 1 is 1.38 bits per heavy atom. The number of H-pyrrole nitrogens is 1. The van der Waals surface area contributed by atoms with Crippen molar-refractivity contribution < 1.29 is 9.90 Å². The number of carboxylic acid groups (broad SMARTS) is 1. The number of aromatic amines is 1. The highest BCUT2D eigenvalue weighted by Crippen LogP contribution is 2.48. The Morgan fingerprint density at radius 2 is 2.12 bits per heavy atom. The molecule has 2 N–H and O–H groups in total. The lowest BCUT2D eigenvalue weighted by Gasteiger charge is -2.05. The van der Waals surface area contributed by atoms with Gasteiger partial charge in [-0.2, -0.15) is 0 Å². The fourth-order valence-corrected chi connectivity index (χ4v) is 2.27. The SMILES string of the molecule is O=C(O)C1(c2cc3cc(Cl)ccc3[nH]2)CC1. The van der Waals surface area contributed by atoms with Gasteiger partial charge in [0.25, 0.3) is 0 Å². The molecule has 0 unspecified atom stereocenters. The van der Waals surface area contributed by atoms with Crippen molar-refractivity contribution in [2.75, 3.05) is 0 Å². The summed E-state index contributed by atoms with van der Waals surface area (Å²) in [6.45, 7) is 0. The lowest BCUT2D eigenvalue weighted by molar-refractivity contribution is -0.140. The van der Waals surface area contributed by atoms with E-state index in [0.717, 1.165) is 16.6 Å². The highest BCUT2D eigenvalue weighted by Gasteiger charge is 2.52. The number of halogens is 1. The van der Waals surface area contributed by atoms with Gasteiger partial charge in [-0.05, 0) is 37.1 Å². The van der Waals surface area contributed by atoms with Crippen molar-refractivity contribution in [2.24, 2.45) is 0 Å². The summed E-state index contributed by atoms with van der Waals surface area (Å²) >= 11 is 5.89. The van der Waals surface area contributed by atoms with Crippen LogP contribution >= 0.6 is 11.6 Å². The summed E-state index contributed by atoms with van der Waals surface area (Å²) in [7, 11) is 0. The van der Waals surface area contributed by atoms with Crippen LogP contribution in [0, 0.1) is 0 Å². The smallest absolute Gasteiger partial charge is 0.315 e. The first-order valence-electron chi connectivity index (χ1n) is 5.14. The quantitative estimate of drug-likeness (QED) is 0.841. The van der Waals surface area contributed by atoms with E-state index in [9.17, 15) is 9.90 Å². The van der Waals surface area contributed by atoms with Crippen molar-refractivity contribution in [2.45, 2.75) is 18.3 Å². The van der Waals surface area contributed by atoms with Gasteiger partial charge in [0.05, 0.1) is 0 Å². The molecular weight excluding hydrogens is 226 g/mol. The molecule has 1 aliphatic rings. The molecule has 0 spiro atoms. The van der Waals surface area contributed by atoms with E-state index in [0.29, 0.717) is 17.9 Å². The van der Waals surface area contributed by atoms with Gasteiger partial charge in [0.1, 0.15) is 5.41 Å². The van der Waals surface area contributed by atoms with Gasteiger partial charge >= 0.3 is 5.97 Å². The van der Waals surface area contributed by atoms with Gasteiger partial charge in [0.2, 0.25) is 0 Å². The van der Waals surface area contributed by atoms with Gasteiger partial charge in [-0.3, -0.25) is 4.79 Å². The maximum absolute atomic E-state index is 11.2. The van der Waals surface area contributed by atoms with Gasteiger partial charge in [0.15, 0.2) is 0 Å². The second-order valence-electron chi connectivity index (χ2n) is 4.30. The minimum atomic E-state index is -0.745. The van der Waals surface area contributed by atoms with E-state index in [1.54, 1.807) is 6.07 Å². The Morgan fingerprint density at radius 3 is 2.75 bits per heavy atom. The van der Waals surface area contributed by atoms with E-state index in [-0.39, 0.29) is 0 Å². The molecular formula is C12H10ClNO2. The largest absolute Gasteiger partial charge is 0.481 e. The number of aromatic nitrogens is 1. The molecule has 0 amide bonds. The van der Waals surface area contributed by atoms with Crippen molar-refractivity contribution in [3.05, 3.63) is 35.0 Å². The van der Waals surface area contributed by atoms with E-state index in [1.165, 1.54) is 0 Å². The summed E-state index contributed by atoms with van der Waals surface area (Å²) < 4.78 is 0. The molecule has 0 bridgehead atoms.